The van der Waals surface area contributed by atoms with Gasteiger partial charge in [-0.2, -0.15) is 0 Å². The van der Waals surface area contributed by atoms with Gasteiger partial charge in [0.2, 0.25) is 0 Å². The highest BCUT2D eigenvalue weighted by Crippen LogP contribution is 2.35. The number of imide groups is 1. The van der Waals surface area contributed by atoms with Gasteiger partial charge in [-0.15, -0.1) is 0 Å². The number of pyridine rings is 1. The highest BCUT2D eigenvalue weighted by Gasteiger charge is 2.42. The zero-order chi connectivity index (χ0) is 19.7. The van der Waals surface area contributed by atoms with Crippen LogP contribution < -0.4 is 0 Å². The molecule has 3 heterocycles. The van der Waals surface area contributed by atoms with E-state index < -0.39 is 0 Å². The summed E-state index contributed by atoms with van der Waals surface area (Å²) in [5, 5.41) is 0.599. The molecule has 28 heavy (non-hydrogen) atoms. The van der Waals surface area contributed by atoms with E-state index in [1.165, 1.54) is 4.90 Å². The van der Waals surface area contributed by atoms with Gasteiger partial charge in [-0.05, 0) is 48.1 Å². The van der Waals surface area contributed by atoms with Crippen molar-refractivity contribution in [2.75, 3.05) is 13.1 Å². The van der Waals surface area contributed by atoms with Crippen LogP contribution in [0.2, 0.25) is 5.02 Å². The van der Waals surface area contributed by atoms with E-state index in [1.54, 1.807) is 30.6 Å². The summed E-state index contributed by atoms with van der Waals surface area (Å²) < 4.78 is 0. The van der Waals surface area contributed by atoms with Crippen molar-refractivity contribution in [3.63, 3.8) is 0 Å². The predicted octanol–water partition coefficient (Wildman–Crippen LogP) is 3.75. The van der Waals surface area contributed by atoms with Crippen molar-refractivity contribution in [2.45, 2.75) is 26.3 Å². The number of hydrogen-bond acceptors (Lipinski definition) is 4. The van der Waals surface area contributed by atoms with Crippen LogP contribution in [-0.2, 0) is 16.1 Å². The van der Waals surface area contributed by atoms with Gasteiger partial charge in [-0.1, -0.05) is 36.7 Å². The molecule has 1 atom stereocenters. The lowest BCUT2D eigenvalue weighted by atomic mass is 9.98. The number of aromatic nitrogens is 1. The Balaban J connectivity index is 1.74. The topological polar surface area (TPSA) is 53.5 Å². The van der Waals surface area contributed by atoms with Crippen molar-refractivity contribution >= 4 is 29.0 Å². The average Bonchev–Trinajstić information content (AvgIpc) is 2.94. The van der Waals surface area contributed by atoms with Gasteiger partial charge in [0.25, 0.3) is 11.8 Å². The normalized spacial score (nSPS) is 20.3. The fourth-order valence-electron chi connectivity index (χ4n) is 3.94. The number of rotatable bonds is 4. The molecule has 6 heteroatoms. The molecule has 0 bridgehead atoms. The van der Waals surface area contributed by atoms with Crippen LogP contribution in [0, 0.1) is 5.92 Å². The van der Waals surface area contributed by atoms with Gasteiger partial charge in [0.15, 0.2) is 0 Å². The van der Waals surface area contributed by atoms with Gasteiger partial charge in [-0.3, -0.25) is 19.5 Å². The van der Waals surface area contributed by atoms with E-state index in [2.05, 4.69) is 16.8 Å². The number of benzene rings is 1. The van der Waals surface area contributed by atoms with Crippen LogP contribution in [0.25, 0.3) is 5.57 Å². The molecule has 5 nitrogen and oxygen atoms in total. The fourth-order valence-corrected chi connectivity index (χ4v) is 4.07. The Hall–Kier alpha value is -2.66. The average molecular weight is 396 g/mol. The number of piperidine rings is 1. The lowest BCUT2D eigenvalue weighted by Crippen LogP contribution is -2.39. The van der Waals surface area contributed by atoms with E-state index in [1.807, 2.05) is 18.2 Å². The molecule has 1 aromatic carbocycles. The first kappa shape index (κ1) is 18.7. The molecule has 0 aliphatic carbocycles. The molecule has 4 rings (SSSR count). The number of halogens is 1. The molecular weight excluding hydrogens is 374 g/mol. The minimum atomic E-state index is -0.260. The van der Waals surface area contributed by atoms with Crippen molar-refractivity contribution < 1.29 is 9.59 Å². The van der Waals surface area contributed by atoms with E-state index >= 15 is 0 Å². The molecule has 0 saturated carbocycles. The van der Waals surface area contributed by atoms with E-state index in [4.69, 9.17) is 11.6 Å². The minimum absolute atomic E-state index is 0.218. The summed E-state index contributed by atoms with van der Waals surface area (Å²) in [6.45, 7) is 3.97. The molecule has 0 spiro atoms. The molecule has 2 amide bonds. The molecular formula is C22H22ClN3O2. The maximum absolute atomic E-state index is 13.3. The van der Waals surface area contributed by atoms with Crippen LogP contribution in [-0.4, -0.2) is 39.7 Å². The van der Waals surface area contributed by atoms with Crippen LogP contribution >= 0.6 is 11.6 Å². The summed E-state index contributed by atoms with van der Waals surface area (Å²) in [6, 6.07) is 10.8. The molecule has 1 saturated heterocycles. The van der Waals surface area contributed by atoms with Crippen LogP contribution in [0.4, 0.5) is 0 Å². The summed E-state index contributed by atoms with van der Waals surface area (Å²) in [4.78, 5) is 34.2. The molecule has 1 fully saturated rings. The van der Waals surface area contributed by atoms with Gasteiger partial charge in [0.1, 0.15) is 5.70 Å². The van der Waals surface area contributed by atoms with E-state index in [-0.39, 0.29) is 18.4 Å². The Morgan fingerprint density at radius 1 is 1.14 bits per heavy atom. The zero-order valence-electron chi connectivity index (χ0n) is 15.8. The van der Waals surface area contributed by atoms with Crippen LogP contribution in [0.1, 0.15) is 30.9 Å². The highest BCUT2D eigenvalue weighted by molar-refractivity contribution is 6.35. The first-order chi connectivity index (χ1) is 13.5. The van der Waals surface area contributed by atoms with Crippen LogP contribution in [0.5, 0.6) is 0 Å². The lowest BCUT2D eigenvalue weighted by molar-refractivity contribution is -0.138. The minimum Gasteiger partial charge on any atom is -0.366 e. The second-order valence-electron chi connectivity index (χ2n) is 7.48. The molecule has 0 radical (unpaired) electrons. The van der Waals surface area contributed by atoms with E-state index in [0.717, 1.165) is 37.1 Å². The van der Waals surface area contributed by atoms with Crippen molar-refractivity contribution in [2.24, 2.45) is 5.92 Å². The standard InChI is InChI=1S/C22H22ClN3O2/c1-15-4-3-11-25(13-15)20-19(17-6-8-18(23)9-7-17)21(27)26(22(20)28)14-16-5-2-10-24-12-16/h2,5-10,12,15H,3-4,11,13-14H2,1H3. The first-order valence-corrected chi connectivity index (χ1v) is 9.92. The Bertz CT molecular complexity index is 925. The maximum Gasteiger partial charge on any atom is 0.278 e. The second-order valence-corrected chi connectivity index (χ2v) is 7.92. The predicted molar refractivity (Wildman–Crippen MR) is 108 cm³/mol. The Morgan fingerprint density at radius 2 is 1.93 bits per heavy atom. The van der Waals surface area contributed by atoms with E-state index in [0.29, 0.717) is 22.2 Å². The summed E-state index contributed by atoms with van der Waals surface area (Å²) in [6.07, 6.45) is 5.52. The van der Waals surface area contributed by atoms with Gasteiger partial charge in [-0.25, -0.2) is 0 Å². The molecule has 144 valence electrons. The number of amides is 2. The molecule has 2 aliphatic rings. The van der Waals surface area contributed by atoms with Gasteiger partial charge >= 0.3 is 0 Å². The van der Waals surface area contributed by atoms with Crippen molar-refractivity contribution in [3.8, 4) is 0 Å². The summed E-state index contributed by atoms with van der Waals surface area (Å²) in [7, 11) is 0. The number of likely N-dealkylation sites (tertiary alicyclic amines) is 1. The second kappa shape index (κ2) is 7.76. The summed E-state index contributed by atoms with van der Waals surface area (Å²) in [5.74, 6) is 0.000276. The SMILES string of the molecule is CC1CCCN(C2=C(c3ccc(Cl)cc3)C(=O)N(Cc3cccnc3)C2=O)C1. The fraction of sp³-hybridized carbons (Fsp3) is 0.318. The highest BCUT2D eigenvalue weighted by atomic mass is 35.5. The summed E-state index contributed by atoms with van der Waals surface area (Å²) in [5.41, 5.74) is 2.54. The number of carbonyl (C=O) groups is 2. The third kappa shape index (κ3) is 3.54. The Kier molecular flexibility index (Phi) is 5.18. The third-order valence-electron chi connectivity index (χ3n) is 5.31. The first-order valence-electron chi connectivity index (χ1n) is 9.55. The summed E-state index contributed by atoms with van der Waals surface area (Å²) >= 11 is 6.03. The van der Waals surface area contributed by atoms with E-state index in [9.17, 15) is 9.59 Å². The van der Waals surface area contributed by atoms with Crippen molar-refractivity contribution in [3.05, 3.63) is 70.6 Å². The Labute approximate surface area is 169 Å². The monoisotopic (exact) mass is 395 g/mol. The number of nitrogens with zero attached hydrogens (tertiary/aromatic N) is 3. The van der Waals surface area contributed by atoms with Gasteiger partial charge < -0.3 is 4.90 Å². The quantitative estimate of drug-likeness (QED) is 0.740. The van der Waals surface area contributed by atoms with Crippen molar-refractivity contribution in [1.82, 2.24) is 14.8 Å². The molecule has 2 aromatic rings. The van der Waals surface area contributed by atoms with Gasteiger partial charge in [0.05, 0.1) is 12.1 Å². The third-order valence-corrected chi connectivity index (χ3v) is 5.57. The zero-order valence-corrected chi connectivity index (χ0v) is 16.5. The van der Waals surface area contributed by atoms with Crippen LogP contribution in [0.15, 0.2) is 54.5 Å². The smallest absolute Gasteiger partial charge is 0.278 e. The maximum atomic E-state index is 13.3. The largest absolute Gasteiger partial charge is 0.366 e. The molecule has 0 N–H and O–H groups in total. The Morgan fingerprint density at radius 3 is 2.61 bits per heavy atom. The molecule has 2 aliphatic heterocycles. The molecule has 1 aromatic heterocycles. The number of hydrogen-bond donors (Lipinski definition) is 0. The lowest BCUT2D eigenvalue weighted by Gasteiger charge is -2.33. The number of carbonyl (C=O) groups excluding carboxylic acids is 2. The van der Waals surface area contributed by atoms with Crippen LogP contribution in [0.3, 0.4) is 0 Å². The van der Waals surface area contributed by atoms with Crippen molar-refractivity contribution in [1.29, 1.82) is 0 Å². The molecule has 1 unspecified atom stereocenters. The van der Waals surface area contributed by atoms with Gasteiger partial charge in [0, 0.05) is 30.5 Å².